The van der Waals surface area contributed by atoms with Gasteiger partial charge in [-0.15, -0.1) is 0 Å². The van der Waals surface area contributed by atoms with Crippen molar-refractivity contribution >= 4 is 11.6 Å². The summed E-state index contributed by atoms with van der Waals surface area (Å²) in [5, 5.41) is 0. The van der Waals surface area contributed by atoms with Gasteiger partial charge >= 0.3 is 0 Å². The molecule has 0 bridgehead atoms. The molecule has 2 rings (SSSR count). The van der Waals surface area contributed by atoms with Gasteiger partial charge in [0.05, 0.1) is 12.4 Å². The summed E-state index contributed by atoms with van der Waals surface area (Å²) in [5.41, 5.74) is 3.75. The minimum Gasteiger partial charge on any atom is -0.351 e. The van der Waals surface area contributed by atoms with E-state index >= 15 is 0 Å². The lowest BCUT2D eigenvalue weighted by molar-refractivity contribution is 0.809. The van der Waals surface area contributed by atoms with Gasteiger partial charge in [-0.05, 0) is 12.5 Å². The summed E-state index contributed by atoms with van der Waals surface area (Å²) < 4.78 is 0. The topological polar surface area (TPSA) is 67.1 Å². The van der Waals surface area contributed by atoms with Gasteiger partial charge in [0.15, 0.2) is 5.82 Å². The van der Waals surface area contributed by atoms with Gasteiger partial charge in [0.2, 0.25) is 0 Å². The molecule has 0 spiro atoms. The predicted molar refractivity (Wildman–Crippen MR) is 73.0 cm³/mol. The van der Waals surface area contributed by atoms with E-state index in [9.17, 15) is 0 Å². The minimum atomic E-state index is 0.569. The molecule has 1 heterocycles. The fourth-order valence-corrected chi connectivity index (χ4v) is 1.74. The van der Waals surface area contributed by atoms with E-state index in [1.807, 2.05) is 18.2 Å². The first-order valence-electron chi connectivity index (χ1n) is 5.91. The number of hydrogen-bond acceptors (Lipinski definition) is 5. The molecule has 1 aromatic carbocycles. The summed E-state index contributed by atoms with van der Waals surface area (Å²) in [5.74, 6) is 6.73. The van der Waals surface area contributed by atoms with Gasteiger partial charge in [-0.25, -0.2) is 10.8 Å². The molecule has 5 heteroatoms. The molecule has 0 amide bonds. The normalized spacial score (nSPS) is 10.1. The van der Waals surface area contributed by atoms with Crippen LogP contribution in [0.5, 0.6) is 0 Å². The van der Waals surface area contributed by atoms with Crippen LogP contribution in [0.25, 0.3) is 0 Å². The zero-order valence-electron chi connectivity index (χ0n) is 10.4. The molecule has 5 nitrogen and oxygen atoms in total. The molecular weight excluding hydrogens is 226 g/mol. The molecule has 0 aliphatic rings. The van der Waals surface area contributed by atoms with Gasteiger partial charge in [0, 0.05) is 13.1 Å². The second kappa shape index (κ2) is 5.97. The summed E-state index contributed by atoms with van der Waals surface area (Å²) in [4.78, 5) is 10.6. The van der Waals surface area contributed by atoms with E-state index in [1.54, 1.807) is 12.4 Å². The standard InChI is InChI=1S/C13H17N5/c1-2-18(10-11-6-4-3-5-7-11)13-9-15-8-12(16-13)17-14/h3-9H,2,10,14H2,1H3,(H,16,17). The van der Waals surface area contributed by atoms with Crippen LogP contribution in [0.2, 0.25) is 0 Å². The van der Waals surface area contributed by atoms with Crippen molar-refractivity contribution in [3.05, 3.63) is 48.3 Å². The molecule has 0 fully saturated rings. The molecule has 0 atom stereocenters. The molecule has 3 N–H and O–H groups in total. The number of anilines is 2. The Hall–Kier alpha value is -2.14. The molecule has 0 saturated carbocycles. The summed E-state index contributed by atoms with van der Waals surface area (Å²) in [6, 6.07) is 10.3. The quantitative estimate of drug-likeness (QED) is 0.619. The summed E-state index contributed by atoms with van der Waals surface area (Å²) >= 11 is 0. The van der Waals surface area contributed by atoms with Crippen molar-refractivity contribution in [2.75, 3.05) is 16.9 Å². The molecule has 1 aromatic heterocycles. The Kier molecular flexibility index (Phi) is 4.09. The molecule has 18 heavy (non-hydrogen) atoms. The van der Waals surface area contributed by atoms with Crippen LogP contribution in [0.3, 0.4) is 0 Å². The fourth-order valence-electron chi connectivity index (χ4n) is 1.74. The van der Waals surface area contributed by atoms with Crippen molar-refractivity contribution in [1.82, 2.24) is 9.97 Å². The number of hydrogen-bond donors (Lipinski definition) is 2. The van der Waals surface area contributed by atoms with Gasteiger partial charge in [-0.3, -0.25) is 4.98 Å². The predicted octanol–water partition coefficient (Wildman–Crippen LogP) is 1.79. The van der Waals surface area contributed by atoms with Crippen LogP contribution in [-0.2, 0) is 6.54 Å². The number of benzene rings is 1. The van der Waals surface area contributed by atoms with Crippen molar-refractivity contribution in [1.29, 1.82) is 0 Å². The van der Waals surface area contributed by atoms with Crippen LogP contribution in [0.1, 0.15) is 12.5 Å². The number of rotatable bonds is 5. The Balaban J connectivity index is 2.17. The Morgan fingerprint density at radius 1 is 1.22 bits per heavy atom. The smallest absolute Gasteiger partial charge is 0.160 e. The number of aromatic nitrogens is 2. The first kappa shape index (κ1) is 12.3. The monoisotopic (exact) mass is 243 g/mol. The maximum absolute atomic E-state index is 5.34. The molecule has 2 aromatic rings. The zero-order chi connectivity index (χ0) is 12.8. The van der Waals surface area contributed by atoms with Crippen LogP contribution in [0.15, 0.2) is 42.7 Å². The van der Waals surface area contributed by atoms with Crippen molar-refractivity contribution < 1.29 is 0 Å². The van der Waals surface area contributed by atoms with E-state index in [0.717, 1.165) is 18.9 Å². The van der Waals surface area contributed by atoms with Gasteiger partial charge in [-0.1, -0.05) is 30.3 Å². The zero-order valence-corrected chi connectivity index (χ0v) is 10.4. The Labute approximate surface area is 107 Å². The molecular formula is C13H17N5. The number of nitrogens with one attached hydrogen (secondary N) is 1. The largest absolute Gasteiger partial charge is 0.351 e. The molecule has 0 radical (unpaired) electrons. The van der Waals surface area contributed by atoms with Crippen LogP contribution >= 0.6 is 0 Å². The highest BCUT2D eigenvalue weighted by molar-refractivity contribution is 5.43. The molecule has 0 aliphatic heterocycles. The van der Waals surface area contributed by atoms with E-state index < -0.39 is 0 Å². The molecule has 0 aliphatic carbocycles. The molecule has 94 valence electrons. The summed E-state index contributed by atoms with van der Waals surface area (Å²) in [6.45, 7) is 3.75. The second-order valence-electron chi connectivity index (χ2n) is 3.91. The maximum Gasteiger partial charge on any atom is 0.160 e. The number of hydrazine groups is 1. The van der Waals surface area contributed by atoms with Crippen molar-refractivity contribution in [3.63, 3.8) is 0 Å². The average molecular weight is 243 g/mol. The molecule has 0 unspecified atom stereocenters. The third kappa shape index (κ3) is 2.95. The minimum absolute atomic E-state index is 0.569. The van der Waals surface area contributed by atoms with Crippen LogP contribution in [0.4, 0.5) is 11.6 Å². The van der Waals surface area contributed by atoms with Gasteiger partial charge in [0.1, 0.15) is 5.82 Å². The lowest BCUT2D eigenvalue weighted by atomic mass is 10.2. The maximum atomic E-state index is 5.34. The average Bonchev–Trinajstić information content (AvgIpc) is 2.46. The summed E-state index contributed by atoms with van der Waals surface area (Å²) in [6.07, 6.45) is 3.34. The van der Waals surface area contributed by atoms with E-state index in [-0.39, 0.29) is 0 Å². The Morgan fingerprint density at radius 3 is 2.67 bits per heavy atom. The van der Waals surface area contributed by atoms with Crippen molar-refractivity contribution in [2.45, 2.75) is 13.5 Å². The third-order valence-electron chi connectivity index (χ3n) is 2.69. The highest BCUT2D eigenvalue weighted by atomic mass is 15.3. The lowest BCUT2D eigenvalue weighted by Gasteiger charge is -2.22. The molecule has 0 saturated heterocycles. The number of nitrogens with two attached hydrogens (primary N) is 1. The third-order valence-corrected chi connectivity index (χ3v) is 2.69. The number of nitrogen functional groups attached to an aromatic ring is 1. The van der Waals surface area contributed by atoms with Crippen LogP contribution in [0, 0.1) is 0 Å². The fraction of sp³-hybridized carbons (Fsp3) is 0.231. The Morgan fingerprint density at radius 2 is 2.00 bits per heavy atom. The lowest BCUT2D eigenvalue weighted by Crippen LogP contribution is -2.24. The first-order chi connectivity index (χ1) is 8.83. The van der Waals surface area contributed by atoms with Crippen molar-refractivity contribution in [3.8, 4) is 0 Å². The van der Waals surface area contributed by atoms with Crippen molar-refractivity contribution in [2.24, 2.45) is 5.84 Å². The SMILES string of the molecule is CCN(Cc1ccccc1)c1cncc(NN)n1. The Bertz CT molecular complexity index is 486. The summed E-state index contributed by atoms with van der Waals surface area (Å²) in [7, 11) is 0. The second-order valence-corrected chi connectivity index (χ2v) is 3.91. The van der Waals surface area contributed by atoms with Gasteiger partial charge < -0.3 is 10.3 Å². The van der Waals surface area contributed by atoms with Gasteiger partial charge in [0.25, 0.3) is 0 Å². The van der Waals surface area contributed by atoms with Crippen LogP contribution < -0.4 is 16.2 Å². The first-order valence-corrected chi connectivity index (χ1v) is 5.91. The van der Waals surface area contributed by atoms with E-state index in [1.165, 1.54) is 5.56 Å². The highest BCUT2D eigenvalue weighted by Gasteiger charge is 2.07. The van der Waals surface area contributed by atoms with E-state index in [4.69, 9.17) is 5.84 Å². The number of nitrogens with zero attached hydrogens (tertiary/aromatic N) is 3. The van der Waals surface area contributed by atoms with Crippen LogP contribution in [-0.4, -0.2) is 16.5 Å². The van der Waals surface area contributed by atoms with Gasteiger partial charge in [-0.2, -0.15) is 0 Å². The highest BCUT2D eigenvalue weighted by Crippen LogP contribution is 2.14. The van der Waals surface area contributed by atoms with E-state index in [0.29, 0.717) is 5.82 Å². The van der Waals surface area contributed by atoms with E-state index in [2.05, 4.69) is 39.4 Å².